The van der Waals surface area contributed by atoms with Crippen LogP contribution in [0.3, 0.4) is 0 Å². The first kappa shape index (κ1) is 24.9. The molecular formula is C22H25F4N7OS. The van der Waals surface area contributed by atoms with Crippen LogP contribution in [0.5, 0.6) is 0 Å². The molecule has 3 aromatic rings. The van der Waals surface area contributed by atoms with Gasteiger partial charge in [-0.3, -0.25) is 9.48 Å². The minimum atomic E-state index is -2.95. The summed E-state index contributed by atoms with van der Waals surface area (Å²) >= 11 is 0.768. The normalized spacial score (nSPS) is 18.1. The predicted octanol–water partition coefficient (Wildman–Crippen LogP) is 3.82. The topological polar surface area (TPSA) is 92.3 Å². The Morgan fingerprint density at radius 2 is 1.97 bits per heavy atom. The Hall–Kier alpha value is -3.19. The number of anilines is 3. The molecule has 0 radical (unpaired) electrons. The second-order valence-electron chi connectivity index (χ2n) is 8.68. The first-order valence-corrected chi connectivity index (χ1v) is 11.6. The minimum absolute atomic E-state index is 0.0410. The lowest BCUT2D eigenvalue weighted by molar-refractivity contribution is -0.0137. The van der Waals surface area contributed by atoms with Crippen molar-refractivity contribution in [2.24, 2.45) is 7.05 Å². The molecular weight excluding hydrogens is 486 g/mol. The molecule has 13 heteroatoms. The summed E-state index contributed by atoms with van der Waals surface area (Å²) in [5.41, 5.74) is 5.52. The van der Waals surface area contributed by atoms with Crippen LogP contribution in [-0.4, -0.2) is 64.7 Å². The maximum atomic E-state index is 14.7. The van der Waals surface area contributed by atoms with E-state index in [0.29, 0.717) is 18.8 Å². The summed E-state index contributed by atoms with van der Waals surface area (Å²) in [5, 5.41) is 6.62. The summed E-state index contributed by atoms with van der Waals surface area (Å²) in [5.74, 6) is -5.05. The molecule has 35 heavy (non-hydrogen) atoms. The Morgan fingerprint density at radius 1 is 1.29 bits per heavy atom. The zero-order valence-corrected chi connectivity index (χ0v) is 20.2. The number of amides is 1. The van der Waals surface area contributed by atoms with Gasteiger partial charge in [-0.25, -0.2) is 22.5 Å². The summed E-state index contributed by atoms with van der Waals surface area (Å²) in [4.78, 5) is 20.3. The molecule has 0 aliphatic carbocycles. The van der Waals surface area contributed by atoms with Gasteiger partial charge in [0.15, 0.2) is 11.5 Å². The Balaban J connectivity index is 1.60. The first-order valence-electron chi connectivity index (χ1n) is 10.8. The molecule has 1 fully saturated rings. The molecule has 1 saturated heterocycles. The second-order valence-corrected chi connectivity index (χ2v) is 9.71. The van der Waals surface area contributed by atoms with Crippen molar-refractivity contribution in [3.8, 4) is 10.6 Å². The quantitative estimate of drug-likeness (QED) is 0.506. The predicted molar refractivity (Wildman–Crippen MR) is 127 cm³/mol. The number of hydrogen-bond donors (Lipinski definition) is 2. The largest absolute Gasteiger partial charge is 0.389 e. The number of nitrogens with two attached hydrogens (primary N) is 1. The molecule has 4 rings (SSSR count). The molecule has 8 nitrogen and oxygen atoms in total. The number of nitrogens with zero attached hydrogens (tertiary/aromatic N) is 5. The van der Waals surface area contributed by atoms with Gasteiger partial charge in [-0.15, -0.1) is 0 Å². The van der Waals surface area contributed by atoms with Gasteiger partial charge in [0.05, 0.1) is 18.3 Å². The van der Waals surface area contributed by atoms with E-state index in [4.69, 9.17) is 5.73 Å². The van der Waals surface area contributed by atoms with Gasteiger partial charge >= 0.3 is 0 Å². The van der Waals surface area contributed by atoms with Gasteiger partial charge in [0.2, 0.25) is 0 Å². The summed E-state index contributed by atoms with van der Waals surface area (Å²) in [6.45, 7) is -0.203. The number of hydrogen-bond acceptors (Lipinski definition) is 7. The SMILES string of the molecule is CN(C)C1CCN(c2c(NC(=O)c3nc(-c4c(F)cccc4F)sc3N)cnn2C)CC(F)(F)C1. The van der Waals surface area contributed by atoms with Crippen molar-refractivity contribution in [2.45, 2.75) is 24.8 Å². The third kappa shape index (κ3) is 5.10. The van der Waals surface area contributed by atoms with Crippen molar-refractivity contribution in [1.82, 2.24) is 19.7 Å². The number of thiazole rings is 1. The Bertz CT molecular complexity index is 1220. The van der Waals surface area contributed by atoms with Gasteiger partial charge < -0.3 is 20.9 Å². The Kier molecular flexibility index (Phi) is 6.73. The molecule has 2 aromatic heterocycles. The summed E-state index contributed by atoms with van der Waals surface area (Å²) in [6.07, 6.45) is 1.57. The van der Waals surface area contributed by atoms with Gasteiger partial charge in [0, 0.05) is 26.1 Å². The van der Waals surface area contributed by atoms with E-state index in [1.54, 1.807) is 26.0 Å². The molecule has 0 spiro atoms. The van der Waals surface area contributed by atoms with Crippen LogP contribution in [0.1, 0.15) is 23.3 Å². The van der Waals surface area contributed by atoms with Crippen LogP contribution in [0.25, 0.3) is 10.6 Å². The van der Waals surface area contributed by atoms with Gasteiger partial charge in [0.1, 0.15) is 27.3 Å². The number of aromatic nitrogens is 3. The van der Waals surface area contributed by atoms with E-state index in [1.807, 2.05) is 0 Å². The van der Waals surface area contributed by atoms with Crippen LogP contribution in [-0.2, 0) is 7.05 Å². The van der Waals surface area contributed by atoms with Crippen LogP contribution >= 0.6 is 11.3 Å². The van der Waals surface area contributed by atoms with Gasteiger partial charge in [-0.1, -0.05) is 17.4 Å². The van der Waals surface area contributed by atoms with Gasteiger partial charge in [-0.2, -0.15) is 5.10 Å². The van der Waals surface area contributed by atoms with E-state index in [1.165, 1.54) is 21.8 Å². The number of carbonyl (C=O) groups excluding carboxylic acids is 1. The van der Waals surface area contributed by atoms with Crippen molar-refractivity contribution in [1.29, 1.82) is 0 Å². The van der Waals surface area contributed by atoms with Gasteiger partial charge in [-0.05, 0) is 32.6 Å². The number of nitrogens with one attached hydrogen (secondary N) is 1. The van der Waals surface area contributed by atoms with Gasteiger partial charge in [0.25, 0.3) is 11.8 Å². The highest BCUT2D eigenvalue weighted by Crippen LogP contribution is 2.36. The highest BCUT2D eigenvalue weighted by atomic mass is 32.1. The third-order valence-electron chi connectivity index (χ3n) is 5.92. The first-order chi connectivity index (χ1) is 16.5. The highest BCUT2D eigenvalue weighted by molar-refractivity contribution is 7.19. The number of halogens is 4. The fraction of sp³-hybridized carbons (Fsp3) is 0.409. The van der Waals surface area contributed by atoms with Crippen molar-refractivity contribution >= 4 is 33.8 Å². The maximum absolute atomic E-state index is 14.7. The van der Waals surface area contributed by atoms with E-state index in [0.717, 1.165) is 23.5 Å². The molecule has 0 bridgehead atoms. The zero-order chi connectivity index (χ0) is 25.5. The van der Waals surface area contributed by atoms with Crippen molar-refractivity contribution in [3.05, 3.63) is 41.7 Å². The van der Waals surface area contributed by atoms with Crippen LogP contribution < -0.4 is 16.0 Å². The second kappa shape index (κ2) is 9.46. The monoisotopic (exact) mass is 511 g/mol. The minimum Gasteiger partial charge on any atom is -0.389 e. The molecule has 3 N–H and O–H groups in total. The molecule has 1 unspecified atom stereocenters. The maximum Gasteiger partial charge on any atom is 0.277 e. The average Bonchev–Trinajstić information content (AvgIpc) is 3.26. The lowest BCUT2D eigenvalue weighted by Crippen LogP contribution is -2.38. The summed E-state index contributed by atoms with van der Waals surface area (Å²) in [6, 6.07) is 3.08. The molecule has 1 atom stereocenters. The number of rotatable bonds is 5. The highest BCUT2D eigenvalue weighted by Gasteiger charge is 2.40. The number of carbonyl (C=O) groups is 1. The Labute approximate surface area is 203 Å². The molecule has 1 aliphatic heterocycles. The van der Waals surface area contributed by atoms with E-state index >= 15 is 0 Å². The molecule has 188 valence electrons. The van der Waals surface area contributed by atoms with E-state index < -0.39 is 30.0 Å². The molecule has 3 heterocycles. The smallest absolute Gasteiger partial charge is 0.277 e. The van der Waals surface area contributed by atoms with Crippen LogP contribution in [0, 0.1) is 11.6 Å². The standard InChI is InChI=1S/C22H25F4N7OS/c1-31(2)12-7-8-33(11-22(25,26)9-12)21-15(10-28-32(21)3)29-19(34)17-18(27)35-20(30-17)16-13(23)5-4-6-14(16)24/h4-6,10,12H,7-9,11,27H2,1-3H3,(H,29,34). The van der Waals surface area contributed by atoms with Crippen LogP contribution in [0.15, 0.2) is 24.4 Å². The fourth-order valence-electron chi connectivity index (χ4n) is 4.18. The number of nitrogen functional groups attached to an aromatic ring is 1. The van der Waals surface area contributed by atoms with Crippen molar-refractivity contribution in [3.63, 3.8) is 0 Å². The van der Waals surface area contributed by atoms with Crippen molar-refractivity contribution in [2.75, 3.05) is 43.1 Å². The lowest BCUT2D eigenvalue weighted by Gasteiger charge is -2.27. The van der Waals surface area contributed by atoms with E-state index in [2.05, 4.69) is 15.4 Å². The Morgan fingerprint density at radius 3 is 2.63 bits per heavy atom. The number of aryl methyl sites for hydroxylation is 1. The van der Waals surface area contributed by atoms with Crippen LogP contribution in [0.4, 0.5) is 34.1 Å². The lowest BCUT2D eigenvalue weighted by atomic mass is 10.1. The molecule has 1 aliphatic rings. The number of benzene rings is 1. The van der Waals surface area contributed by atoms with Crippen molar-refractivity contribution < 1.29 is 22.4 Å². The van der Waals surface area contributed by atoms with E-state index in [9.17, 15) is 22.4 Å². The van der Waals surface area contributed by atoms with E-state index in [-0.39, 0.29) is 39.4 Å². The summed E-state index contributed by atoms with van der Waals surface area (Å²) in [7, 11) is 5.13. The third-order valence-corrected chi connectivity index (χ3v) is 6.82. The average molecular weight is 512 g/mol. The molecule has 0 saturated carbocycles. The molecule has 1 aromatic carbocycles. The molecule has 1 amide bonds. The summed E-state index contributed by atoms with van der Waals surface area (Å²) < 4.78 is 59.2. The fourth-order valence-corrected chi connectivity index (χ4v) is 5.05. The zero-order valence-electron chi connectivity index (χ0n) is 19.4. The number of alkyl halides is 2. The van der Waals surface area contributed by atoms with Crippen LogP contribution in [0.2, 0.25) is 0 Å².